The van der Waals surface area contributed by atoms with E-state index in [9.17, 15) is 4.79 Å². The number of carbonyl (C=O) groups is 1. The van der Waals surface area contributed by atoms with Crippen molar-refractivity contribution >= 4 is 5.91 Å². The van der Waals surface area contributed by atoms with Crippen LogP contribution < -0.4 is 5.32 Å². The summed E-state index contributed by atoms with van der Waals surface area (Å²) in [6.45, 7) is 1.78. The van der Waals surface area contributed by atoms with Gasteiger partial charge in [-0.2, -0.15) is 0 Å². The highest BCUT2D eigenvalue weighted by Crippen LogP contribution is 2.19. The number of benzene rings is 1. The molecule has 1 N–H and O–H groups in total. The van der Waals surface area contributed by atoms with Gasteiger partial charge in [0.1, 0.15) is 0 Å². The molecule has 16 heavy (non-hydrogen) atoms. The van der Waals surface area contributed by atoms with Crippen LogP contribution in [0.1, 0.15) is 23.2 Å². The number of amides is 1. The van der Waals surface area contributed by atoms with Gasteiger partial charge in [-0.3, -0.25) is 4.79 Å². The van der Waals surface area contributed by atoms with Crippen LogP contribution in [0.25, 0.3) is 0 Å². The predicted molar refractivity (Wildman–Crippen MR) is 64.4 cm³/mol. The number of carbonyl (C=O) groups excluding carboxylic acids is 1. The normalized spacial score (nSPS) is 20.1. The van der Waals surface area contributed by atoms with Crippen LogP contribution in [0.3, 0.4) is 0 Å². The first-order valence-electron chi connectivity index (χ1n) is 5.83. The predicted octanol–water partition coefficient (Wildman–Crippen LogP) is 1.51. The summed E-state index contributed by atoms with van der Waals surface area (Å²) in [6.07, 6.45) is 2.23. The molecule has 0 radical (unpaired) electrons. The van der Waals surface area contributed by atoms with Crippen LogP contribution in [0.4, 0.5) is 0 Å². The lowest BCUT2D eigenvalue weighted by atomic mass is 10.1. The zero-order valence-electron chi connectivity index (χ0n) is 9.65. The van der Waals surface area contributed by atoms with Gasteiger partial charge in [0.2, 0.25) is 0 Å². The number of hydrogen-bond donors (Lipinski definition) is 1. The Morgan fingerprint density at radius 2 is 2.19 bits per heavy atom. The minimum Gasteiger partial charge on any atom is -0.334 e. The topological polar surface area (TPSA) is 32.3 Å². The molecule has 1 fully saturated rings. The van der Waals surface area contributed by atoms with Gasteiger partial charge in [0.25, 0.3) is 5.91 Å². The maximum Gasteiger partial charge on any atom is 0.254 e. The van der Waals surface area contributed by atoms with Crippen LogP contribution >= 0.6 is 0 Å². The average molecular weight is 218 g/mol. The van der Waals surface area contributed by atoms with Gasteiger partial charge in [-0.25, -0.2) is 0 Å². The van der Waals surface area contributed by atoms with Gasteiger partial charge >= 0.3 is 0 Å². The molecule has 0 saturated carbocycles. The molecule has 1 saturated heterocycles. The van der Waals surface area contributed by atoms with E-state index < -0.39 is 0 Å². The van der Waals surface area contributed by atoms with Crippen LogP contribution in [0, 0.1) is 0 Å². The molecule has 1 aromatic rings. The number of rotatable bonds is 3. The van der Waals surface area contributed by atoms with Gasteiger partial charge in [-0.15, -0.1) is 0 Å². The Hall–Kier alpha value is -1.35. The lowest BCUT2D eigenvalue weighted by Gasteiger charge is -2.24. The number of likely N-dealkylation sites (tertiary alicyclic amines) is 1. The van der Waals surface area contributed by atoms with Gasteiger partial charge in [-0.1, -0.05) is 18.2 Å². The molecule has 1 unspecified atom stereocenters. The van der Waals surface area contributed by atoms with Gasteiger partial charge in [0, 0.05) is 24.7 Å². The Morgan fingerprint density at radius 3 is 2.88 bits per heavy atom. The SMILES string of the molecule is CNCC1CCCN1C(=O)c1ccccc1. The van der Waals surface area contributed by atoms with Crippen LogP contribution in [-0.2, 0) is 0 Å². The first-order valence-corrected chi connectivity index (χ1v) is 5.83. The summed E-state index contributed by atoms with van der Waals surface area (Å²) in [4.78, 5) is 14.2. The third-order valence-electron chi connectivity index (χ3n) is 3.10. The fourth-order valence-corrected chi connectivity index (χ4v) is 2.30. The highest BCUT2D eigenvalue weighted by molar-refractivity contribution is 5.94. The smallest absolute Gasteiger partial charge is 0.254 e. The van der Waals surface area contributed by atoms with Crippen molar-refractivity contribution < 1.29 is 4.79 Å². The van der Waals surface area contributed by atoms with Crippen LogP contribution in [0.15, 0.2) is 30.3 Å². The Kier molecular flexibility index (Phi) is 3.57. The van der Waals surface area contributed by atoms with E-state index in [2.05, 4.69) is 5.32 Å². The van der Waals surface area contributed by atoms with Crippen LogP contribution in [-0.4, -0.2) is 37.0 Å². The molecule has 1 aliphatic rings. The molecule has 1 atom stereocenters. The standard InChI is InChI=1S/C13H18N2O/c1-14-10-12-8-5-9-15(12)13(16)11-6-3-2-4-7-11/h2-4,6-7,12,14H,5,8-10H2,1H3. The molecule has 1 aliphatic heterocycles. The van der Waals surface area contributed by atoms with E-state index in [-0.39, 0.29) is 5.91 Å². The molecule has 3 heteroatoms. The maximum absolute atomic E-state index is 12.2. The fraction of sp³-hybridized carbons (Fsp3) is 0.462. The molecule has 3 nitrogen and oxygen atoms in total. The second-order valence-corrected chi connectivity index (χ2v) is 4.22. The van der Waals surface area contributed by atoms with E-state index in [1.165, 1.54) is 0 Å². The number of nitrogens with one attached hydrogen (secondary N) is 1. The van der Waals surface area contributed by atoms with Crippen molar-refractivity contribution in [3.8, 4) is 0 Å². The lowest BCUT2D eigenvalue weighted by Crippen LogP contribution is -2.40. The van der Waals surface area contributed by atoms with E-state index in [4.69, 9.17) is 0 Å². The van der Waals surface area contributed by atoms with Crippen molar-refractivity contribution in [1.82, 2.24) is 10.2 Å². The Labute approximate surface area is 96.5 Å². The Bertz CT molecular complexity index is 350. The quantitative estimate of drug-likeness (QED) is 0.834. The molecular weight excluding hydrogens is 200 g/mol. The van der Waals surface area contributed by atoms with E-state index in [1.54, 1.807) is 0 Å². The summed E-state index contributed by atoms with van der Waals surface area (Å²) in [7, 11) is 1.93. The van der Waals surface area contributed by atoms with Gasteiger partial charge < -0.3 is 10.2 Å². The van der Waals surface area contributed by atoms with E-state index in [1.807, 2.05) is 42.3 Å². The minimum atomic E-state index is 0.165. The Balaban J connectivity index is 2.09. The molecule has 1 aromatic carbocycles. The maximum atomic E-state index is 12.2. The molecule has 0 aliphatic carbocycles. The fourth-order valence-electron chi connectivity index (χ4n) is 2.30. The second kappa shape index (κ2) is 5.12. The van der Waals surface area contributed by atoms with Crippen molar-refractivity contribution in [3.05, 3.63) is 35.9 Å². The number of likely N-dealkylation sites (N-methyl/N-ethyl adjacent to an activating group) is 1. The zero-order valence-corrected chi connectivity index (χ0v) is 9.65. The average Bonchev–Trinajstić information content (AvgIpc) is 2.78. The summed E-state index contributed by atoms with van der Waals surface area (Å²) >= 11 is 0. The summed E-state index contributed by atoms with van der Waals surface area (Å²) in [6, 6.07) is 9.89. The number of hydrogen-bond acceptors (Lipinski definition) is 2. The van der Waals surface area contributed by atoms with Crippen LogP contribution in [0.5, 0.6) is 0 Å². The van der Waals surface area contributed by atoms with Crippen molar-refractivity contribution in [2.24, 2.45) is 0 Å². The first-order chi connectivity index (χ1) is 7.83. The molecular formula is C13H18N2O. The molecule has 0 spiro atoms. The van der Waals surface area contributed by atoms with Crippen molar-refractivity contribution in [1.29, 1.82) is 0 Å². The van der Waals surface area contributed by atoms with Crippen LogP contribution in [0.2, 0.25) is 0 Å². The molecule has 2 rings (SSSR count). The summed E-state index contributed by atoms with van der Waals surface area (Å²) in [5, 5.41) is 3.15. The minimum absolute atomic E-state index is 0.165. The lowest BCUT2D eigenvalue weighted by molar-refractivity contribution is 0.0737. The summed E-state index contributed by atoms with van der Waals surface area (Å²) < 4.78 is 0. The Morgan fingerprint density at radius 1 is 1.44 bits per heavy atom. The molecule has 1 amide bonds. The third kappa shape index (κ3) is 2.25. The summed E-state index contributed by atoms with van der Waals surface area (Å²) in [5.74, 6) is 0.165. The van der Waals surface area contributed by atoms with Crippen molar-refractivity contribution in [3.63, 3.8) is 0 Å². The van der Waals surface area contributed by atoms with Gasteiger partial charge in [-0.05, 0) is 32.0 Å². The third-order valence-corrected chi connectivity index (χ3v) is 3.10. The molecule has 0 bridgehead atoms. The van der Waals surface area contributed by atoms with Crippen molar-refractivity contribution in [2.45, 2.75) is 18.9 Å². The molecule has 1 heterocycles. The highest BCUT2D eigenvalue weighted by atomic mass is 16.2. The molecule has 86 valence electrons. The summed E-state index contributed by atoms with van der Waals surface area (Å²) in [5.41, 5.74) is 0.797. The van der Waals surface area contributed by atoms with Gasteiger partial charge in [0.05, 0.1) is 0 Å². The van der Waals surface area contributed by atoms with E-state index in [0.717, 1.165) is 31.5 Å². The first kappa shape index (κ1) is 11.1. The second-order valence-electron chi connectivity index (χ2n) is 4.22. The zero-order chi connectivity index (χ0) is 11.4. The highest BCUT2D eigenvalue weighted by Gasteiger charge is 2.28. The van der Waals surface area contributed by atoms with Gasteiger partial charge in [0.15, 0.2) is 0 Å². The van der Waals surface area contributed by atoms with E-state index in [0.29, 0.717) is 6.04 Å². The largest absolute Gasteiger partial charge is 0.334 e. The van der Waals surface area contributed by atoms with E-state index >= 15 is 0 Å². The molecule has 0 aromatic heterocycles. The number of nitrogens with zero attached hydrogens (tertiary/aromatic N) is 1. The van der Waals surface area contributed by atoms with Crippen molar-refractivity contribution in [2.75, 3.05) is 20.1 Å². The monoisotopic (exact) mass is 218 g/mol.